The highest BCUT2D eigenvalue weighted by molar-refractivity contribution is 5.96. The van der Waals surface area contributed by atoms with Gasteiger partial charge in [-0.3, -0.25) is 23.6 Å². The van der Waals surface area contributed by atoms with Crippen molar-refractivity contribution in [2.24, 2.45) is 14.1 Å². The number of ketones is 1. The molecule has 0 saturated carbocycles. The minimum Gasteiger partial charge on any atom is -0.313 e. The number of aryl methyl sites for hydroxylation is 1. The van der Waals surface area contributed by atoms with Gasteiger partial charge in [-0.25, -0.2) is 9.78 Å². The molecule has 1 aromatic carbocycles. The molecule has 30 heavy (non-hydrogen) atoms. The van der Waals surface area contributed by atoms with E-state index in [2.05, 4.69) is 16.8 Å². The van der Waals surface area contributed by atoms with Gasteiger partial charge in [-0.1, -0.05) is 36.8 Å². The fourth-order valence-corrected chi connectivity index (χ4v) is 4.22. The van der Waals surface area contributed by atoms with Gasteiger partial charge in [0.2, 0.25) is 0 Å². The number of benzene rings is 1. The van der Waals surface area contributed by atoms with Crippen molar-refractivity contribution < 1.29 is 4.79 Å². The van der Waals surface area contributed by atoms with Gasteiger partial charge in [-0.2, -0.15) is 0 Å². The number of fused-ring (bicyclic) bond motifs is 1. The molecule has 3 aromatic rings. The minimum atomic E-state index is -0.431. The molecule has 4 rings (SSSR count). The molecular formula is C22H27N5O3. The third-order valence-electron chi connectivity index (χ3n) is 6.11. The van der Waals surface area contributed by atoms with E-state index in [0.29, 0.717) is 35.1 Å². The highest BCUT2D eigenvalue weighted by atomic mass is 16.2. The summed E-state index contributed by atoms with van der Waals surface area (Å²) in [6, 6.07) is 9.43. The molecule has 1 aliphatic heterocycles. The van der Waals surface area contributed by atoms with E-state index in [0.717, 1.165) is 24.0 Å². The lowest BCUT2D eigenvalue weighted by atomic mass is 10.0. The fourth-order valence-electron chi connectivity index (χ4n) is 4.22. The van der Waals surface area contributed by atoms with Gasteiger partial charge in [0.1, 0.15) is 5.82 Å². The molecular weight excluding hydrogens is 382 g/mol. The van der Waals surface area contributed by atoms with E-state index in [1.807, 2.05) is 18.2 Å². The van der Waals surface area contributed by atoms with Crippen molar-refractivity contribution in [2.75, 3.05) is 6.54 Å². The van der Waals surface area contributed by atoms with Crippen LogP contribution in [0.15, 0.2) is 39.9 Å². The van der Waals surface area contributed by atoms with E-state index < -0.39 is 11.2 Å². The smallest absolute Gasteiger partial charge is 0.313 e. The number of hydrogen-bond donors (Lipinski definition) is 0. The molecule has 0 N–H and O–H groups in total. The van der Waals surface area contributed by atoms with Crippen LogP contribution in [0.2, 0.25) is 0 Å². The van der Waals surface area contributed by atoms with Crippen LogP contribution in [-0.2, 0) is 27.2 Å². The Morgan fingerprint density at radius 1 is 1.10 bits per heavy atom. The van der Waals surface area contributed by atoms with Gasteiger partial charge in [-0.05, 0) is 26.3 Å². The number of rotatable bonds is 5. The zero-order chi connectivity index (χ0) is 21.4. The summed E-state index contributed by atoms with van der Waals surface area (Å²) in [6.07, 6.45) is 3.44. The minimum absolute atomic E-state index is 0.00547. The first kappa shape index (κ1) is 20.3. The van der Waals surface area contributed by atoms with Crippen LogP contribution in [0.1, 0.15) is 42.4 Å². The van der Waals surface area contributed by atoms with Gasteiger partial charge in [-0.15, -0.1) is 0 Å². The van der Waals surface area contributed by atoms with Crippen molar-refractivity contribution in [1.29, 1.82) is 0 Å². The Morgan fingerprint density at radius 2 is 1.83 bits per heavy atom. The number of piperidine rings is 1. The first-order valence-electron chi connectivity index (χ1n) is 10.4. The topological polar surface area (TPSA) is 82.1 Å². The number of Topliss-reactive ketones (excluding diaryl/α,β-unsaturated/α-hetero) is 1. The van der Waals surface area contributed by atoms with E-state index >= 15 is 0 Å². The molecule has 0 spiro atoms. The SMILES string of the molecule is C[C@H]1CCCCN1Cc1nc2c(c(=O)n(C)c(=O)n2C)n1CC(=O)c1ccccc1. The molecule has 0 bridgehead atoms. The van der Waals surface area contributed by atoms with E-state index in [4.69, 9.17) is 0 Å². The fraction of sp³-hybridized carbons (Fsp3) is 0.455. The standard InChI is InChI=1S/C22H27N5O3/c1-15-9-7-8-12-26(15)14-18-23-20-19(21(29)25(3)22(30)24(20)2)27(18)13-17(28)16-10-5-4-6-11-16/h4-6,10-11,15H,7-9,12-14H2,1-3H3/t15-/m0/s1. The molecule has 158 valence electrons. The first-order valence-corrected chi connectivity index (χ1v) is 10.4. The Bertz CT molecular complexity index is 1210. The second-order valence-corrected chi connectivity index (χ2v) is 8.10. The molecule has 8 heteroatoms. The lowest BCUT2D eigenvalue weighted by Gasteiger charge is -2.33. The number of carbonyl (C=O) groups is 1. The van der Waals surface area contributed by atoms with Gasteiger partial charge in [0.05, 0.1) is 13.1 Å². The Kier molecular flexibility index (Phi) is 5.42. The third-order valence-corrected chi connectivity index (χ3v) is 6.11. The second-order valence-electron chi connectivity index (χ2n) is 8.10. The van der Waals surface area contributed by atoms with Gasteiger partial charge >= 0.3 is 5.69 Å². The van der Waals surface area contributed by atoms with Gasteiger partial charge < -0.3 is 4.57 Å². The summed E-state index contributed by atoms with van der Waals surface area (Å²) >= 11 is 0. The van der Waals surface area contributed by atoms with Crippen molar-refractivity contribution in [3.63, 3.8) is 0 Å². The summed E-state index contributed by atoms with van der Waals surface area (Å²) in [6.45, 7) is 3.69. The predicted molar refractivity (Wildman–Crippen MR) is 115 cm³/mol. The zero-order valence-corrected chi connectivity index (χ0v) is 17.7. The van der Waals surface area contributed by atoms with Crippen LogP contribution in [0.4, 0.5) is 0 Å². The van der Waals surface area contributed by atoms with Crippen LogP contribution in [0.25, 0.3) is 11.2 Å². The Morgan fingerprint density at radius 3 is 2.53 bits per heavy atom. The maximum Gasteiger partial charge on any atom is 0.332 e. The average molecular weight is 409 g/mol. The number of aromatic nitrogens is 4. The molecule has 0 aliphatic carbocycles. The molecule has 1 aliphatic rings. The molecule has 3 heterocycles. The summed E-state index contributed by atoms with van der Waals surface area (Å²) in [5.74, 6) is 0.542. The molecule has 1 saturated heterocycles. The lowest BCUT2D eigenvalue weighted by Crippen LogP contribution is -2.38. The summed E-state index contributed by atoms with van der Waals surface area (Å²) in [5, 5.41) is 0. The third kappa shape index (κ3) is 3.52. The summed E-state index contributed by atoms with van der Waals surface area (Å²) in [7, 11) is 3.06. The Hall–Kier alpha value is -3.00. The maximum absolute atomic E-state index is 13.0. The highest BCUT2D eigenvalue weighted by Crippen LogP contribution is 2.21. The number of nitrogens with zero attached hydrogens (tertiary/aromatic N) is 5. The number of carbonyl (C=O) groups excluding carboxylic acids is 1. The van der Waals surface area contributed by atoms with E-state index in [9.17, 15) is 14.4 Å². The molecule has 1 fully saturated rings. The lowest BCUT2D eigenvalue weighted by molar-refractivity contribution is 0.0968. The number of hydrogen-bond acceptors (Lipinski definition) is 5. The average Bonchev–Trinajstić information content (AvgIpc) is 3.11. The monoisotopic (exact) mass is 409 g/mol. The summed E-state index contributed by atoms with van der Waals surface area (Å²) < 4.78 is 4.15. The predicted octanol–water partition coefficient (Wildman–Crippen LogP) is 1.69. The van der Waals surface area contributed by atoms with Crippen molar-refractivity contribution in [3.8, 4) is 0 Å². The first-order chi connectivity index (χ1) is 14.4. The normalized spacial score (nSPS) is 17.5. The van der Waals surface area contributed by atoms with Crippen molar-refractivity contribution in [1.82, 2.24) is 23.6 Å². The molecule has 0 amide bonds. The van der Waals surface area contributed by atoms with Crippen LogP contribution < -0.4 is 11.2 Å². The molecule has 0 radical (unpaired) electrons. The van der Waals surface area contributed by atoms with Crippen LogP contribution in [0.3, 0.4) is 0 Å². The molecule has 2 aromatic heterocycles. The van der Waals surface area contributed by atoms with E-state index in [-0.39, 0.29) is 12.3 Å². The second kappa shape index (κ2) is 8.02. The largest absolute Gasteiger partial charge is 0.332 e. The van der Waals surface area contributed by atoms with Crippen LogP contribution in [0, 0.1) is 0 Å². The highest BCUT2D eigenvalue weighted by Gasteiger charge is 2.25. The van der Waals surface area contributed by atoms with Crippen molar-refractivity contribution in [2.45, 2.75) is 45.3 Å². The molecule has 8 nitrogen and oxygen atoms in total. The van der Waals surface area contributed by atoms with Crippen LogP contribution >= 0.6 is 0 Å². The maximum atomic E-state index is 13.0. The van der Waals surface area contributed by atoms with E-state index in [1.54, 1.807) is 23.7 Å². The molecule has 0 unspecified atom stereocenters. The number of likely N-dealkylation sites (tertiary alicyclic amines) is 1. The molecule has 1 atom stereocenters. The quantitative estimate of drug-likeness (QED) is 0.599. The summed E-state index contributed by atoms with van der Waals surface area (Å²) in [5.41, 5.74) is 0.342. The van der Waals surface area contributed by atoms with Crippen LogP contribution in [0.5, 0.6) is 0 Å². The van der Waals surface area contributed by atoms with E-state index in [1.165, 1.54) is 18.0 Å². The zero-order valence-electron chi connectivity index (χ0n) is 17.7. The summed E-state index contributed by atoms with van der Waals surface area (Å²) in [4.78, 5) is 45.4. The van der Waals surface area contributed by atoms with Gasteiger partial charge in [0.25, 0.3) is 5.56 Å². The van der Waals surface area contributed by atoms with Crippen LogP contribution in [-0.4, -0.2) is 42.0 Å². The Balaban J connectivity index is 1.85. The van der Waals surface area contributed by atoms with Gasteiger partial charge in [0, 0.05) is 25.7 Å². The Labute approximate surface area is 174 Å². The van der Waals surface area contributed by atoms with Crippen molar-refractivity contribution in [3.05, 3.63) is 62.6 Å². The number of imidazole rings is 1. The van der Waals surface area contributed by atoms with Gasteiger partial charge in [0.15, 0.2) is 16.9 Å². The van der Waals surface area contributed by atoms with Crippen molar-refractivity contribution >= 4 is 16.9 Å².